The molecule has 0 unspecified atom stereocenters. The first-order valence-corrected chi connectivity index (χ1v) is 7.05. The molecule has 0 radical (unpaired) electrons. The average Bonchev–Trinajstić information content (AvgIpc) is 2.54. The molecule has 0 spiro atoms. The third-order valence-corrected chi connectivity index (χ3v) is 3.31. The summed E-state index contributed by atoms with van der Waals surface area (Å²) in [6.45, 7) is 0.507. The summed E-state index contributed by atoms with van der Waals surface area (Å²) in [6, 6.07) is 11.6. The van der Waals surface area contributed by atoms with Crippen LogP contribution in [0.25, 0.3) is 0 Å². The summed E-state index contributed by atoms with van der Waals surface area (Å²) in [5, 5.41) is 5.68. The maximum Gasteiger partial charge on any atom is 0.239 e. The van der Waals surface area contributed by atoms with Crippen molar-refractivity contribution in [2.75, 3.05) is 19.0 Å². The van der Waals surface area contributed by atoms with E-state index in [0.717, 1.165) is 11.3 Å². The van der Waals surface area contributed by atoms with Crippen molar-refractivity contribution in [3.63, 3.8) is 0 Å². The highest BCUT2D eigenvalue weighted by atomic mass is 35.5. The molecule has 4 nitrogen and oxygen atoms in total. The maximum absolute atomic E-state index is 13.0. The smallest absolute Gasteiger partial charge is 0.239 e. The van der Waals surface area contributed by atoms with E-state index in [-0.39, 0.29) is 17.5 Å². The Kier molecular flexibility index (Phi) is 5.61. The van der Waals surface area contributed by atoms with Gasteiger partial charge in [-0.2, -0.15) is 0 Å². The molecule has 0 bridgehead atoms. The number of carbonyl (C=O) groups excluding carboxylic acids is 1. The standard InChI is InChI=1S/C16H16ClFN2O2/c1-22-13-5-2-11(3-6-13)9-20-16(21)10-19-12-4-7-15(18)14(17)8-12/h2-8,19H,9-10H2,1H3,(H,20,21). The molecule has 0 aliphatic carbocycles. The third kappa shape index (κ3) is 4.63. The van der Waals surface area contributed by atoms with E-state index in [1.807, 2.05) is 24.3 Å². The van der Waals surface area contributed by atoms with Crippen molar-refractivity contribution < 1.29 is 13.9 Å². The molecule has 0 heterocycles. The molecule has 0 saturated heterocycles. The predicted octanol–water partition coefficient (Wildman–Crippen LogP) is 3.22. The zero-order valence-electron chi connectivity index (χ0n) is 12.0. The minimum atomic E-state index is -0.490. The molecule has 2 aromatic rings. The molecule has 6 heteroatoms. The van der Waals surface area contributed by atoms with Crippen molar-refractivity contribution in [1.29, 1.82) is 0 Å². The van der Waals surface area contributed by atoms with E-state index in [1.54, 1.807) is 7.11 Å². The van der Waals surface area contributed by atoms with Crippen LogP contribution in [0.5, 0.6) is 5.75 Å². The van der Waals surface area contributed by atoms with E-state index in [1.165, 1.54) is 18.2 Å². The molecule has 22 heavy (non-hydrogen) atoms. The molecule has 2 rings (SSSR count). The summed E-state index contributed by atoms with van der Waals surface area (Å²) in [5.41, 5.74) is 1.56. The van der Waals surface area contributed by atoms with Gasteiger partial charge in [-0.3, -0.25) is 4.79 Å². The molecule has 0 atom stereocenters. The molecule has 0 aliphatic rings. The molecule has 0 aromatic heterocycles. The summed E-state index contributed by atoms with van der Waals surface area (Å²) in [4.78, 5) is 11.8. The Bertz CT molecular complexity index is 647. The van der Waals surface area contributed by atoms with E-state index in [9.17, 15) is 9.18 Å². The van der Waals surface area contributed by atoms with Crippen LogP contribution in [-0.2, 0) is 11.3 Å². The lowest BCUT2D eigenvalue weighted by Gasteiger charge is -2.09. The summed E-state index contributed by atoms with van der Waals surface area (Å²) in [7, 11) is 1.60. The Labute approximate surface area is 133 Å². The predicted molar refractivity (Wildman–Crippen MR) is 84.7 cm³/mol. The van der Waals surface area contributed by atoms with Crippen molar-refractivity contribution in [3.8, 4) is 5.75 Å². The van der Waals surface area contributed by atoms with E-state index < -0.39 is 5.82 Å². The molecular formula is C16H16ClFN2O2. The fourth-order valence-corrected chi connectivity index (χ4v) is 1.98. The fourth-order valence-electron chi connectivity index (χ4n) is 1.79. The van der Waals surface area contributed by atoms with Crippen LogP contribution in [0, 0.1) is 5.82 Å². The van der Waals surface area contributed by atoms with Crippen LogP contribution in [-0.4, -0.2) is 19.6 Å². The van der Waals surface area contributed by atoms with Crippen LogP contribution in [0.1, 0.15) is 5.56 Å². The number of anilines is 1. The monoisotopic (exact) mass is 322 g/mol. The lowest BCUT2D eigenvalue weighted by molar-refractivity contribution is -0.119. The first-order chi connectivity index (χ1) is 10.6. The van der Waals surface area contributed by atoms with Gasteiger partial charge in [0.05, 0.1) is 18.7 Å². The summed E-state index contributed by atoms with van der Waals surface area (Å²) < 4.78 is 18.1. The Morgan fingerprint density at radius 3 is 2.59 bits per heavy atom. The second-order valence-electron chi connectivity index (χ2n) is 4.61. The lowest BCUT2D eigenvalue weighted by Crippen LogP contribution is -2.29. The van der Waals surface area contributed by atoms with Crippen LogP contribution in [0.4, 0.5) is 10.1 Å². The number of rotatable bonds is 6. The van der Waals surface area contributed by atoms with Gasteiger partial charge in [0.1, 0.15) is 11.6 Å². The first-order valence-electron chi connectivity index (χ1n) is 6.67. The molecular weight excluding hydrogens is 307 g/mol. The highest BCUT2D eigenvalue weighted by Gasteiger charge is 2.04. The highest BCUT2D eigenvalue weighted by molar-refractivity contribution is 6.31. The zero-order valence-corrected chi connectivity index (χ0v) is 12.8. The topological polar surface area (TPSA) is 50.4 Å². The fraction of sp³-hybridized carbons (Fsp3) is 0.188. The Morgan fingerprint density at radius 1 is 1.23 bits per heavy atom. The summed E-state index contributed by atoms with van der Waals surface area (Å²) >= 11 is 5.67. The van der Waals surface area contributed by atoms with Crippen LogP contribution in [0.3, 0.4) is 0 Å². The Balaban J connectivity index is 1.78. The van der Waals surface area contributed by atoms with Crippen molar-refractivity contribution in [2.24, 2.45) is 0 Å². The van der Waals surface area contributed by atoms with Gasteiger partial charge in [0.2, 0.25) is 5.91 Å². The normalized spacial score (nSPS) is 10.1. The first kappa shape index (κ1) is 16.1. The molecule has 0 aliphatic heterocycles. The van der Waals surface area contributed by atoms with Gasteiger partial charge in [-0.1, -0.05) is 23.7 Å². The van der Waals surface area contributed by atoms with E-state index in [2.05, 4.69) is 10.6 Å². The maximum atomic E-state index is 13.0. The van der Waals surface area contributed by atoms with E-state index in [4.69, 9.17) is 16.3 Å². The van der Waals surface area contributed by atoms with Gasteiger partial charge < -0.3 is 15.4 Å². The van der Waals surface area contributed by atoms with Crippen molar-refractivity contribution in [2.45, 2.75) is 6.54 Å². The number of carbonyl (C=O) groups is 1. The zero-order chi connectivity index (χ0) is 15.9. The minimum Gasteiger partial charge on any atom is -0.497 e. The molecule has 116 valence electrons. The largest absolute Gasteiger partial charge is 0.497 e. The van der Waals surface area contributed by atoms with E-state index in [0.29, 0.717) is 12.2 Å². The number of nitrogens with one attached hydrogen (secondary N) is 2. The van der Waals surface area contributed by atoms with Gasteiger partial charge in [-0.15, -0.1) is 0 Å². The summed E-state index contributed by atoms with van der Waals surface area (Å²) in [5.74, 6) is 0.109. The van der Waals surface area contributed by atoms with Crippen molar-refractivity contribution >= 4 is 23.2 Å². The van der Waals surface area contributed by atoms with Gasteiger partial charge in [-0.25, -0.2) is 4.39 Å². The Hall–Kier alpha value is -2.27. The number of ether oxygens (including phenoxy) is 1. The van der Waals surface area contributed by atoms with Crippen LogP contribution in [0.2, 0.25) is 5.02 Å². The molecule has 1 amide bonds. The number of benzene rings is 2. The number of halogens is 2. The quantitative estimate of drug-likeness (QED) is 0.858. The molecule has 2 aromatic carbocycles. The van der Waals surface area contributed by atoms with Gasteiger partial charge >= 0.3 is 0 Å². The molecule has 0 saturated carbocycles. The van der Waals surface area contributed by atoms with Gasteiger partial charge in [0.25, 0.3) is 0 Å². The van der Waals surface area contributed by atoms with E-state index >= 15 is 0 Å². The number of hydrogen-bond acceptors (Lipinski definition) is 3. The molecule has 2 N–H and O–H groups in total. The SMILES string of the molecule is COc1ccc(CNC(=O)CNc2ccc(F)c(Cl)c2)cc1. The van der Waals surface area contributed by atoms with Crippen LogP contribution >= 0.6 is 11.6 Å². The highest BCUT2D eigenvalue weighted by Crippen LogP contribution is 2.19. The minimum absolute atomic E-state index is 0.0173. The van der Waals surface area contributed by atoms with Crippen molar-refractivity contribution in [3.05, 3.63) is 58.9 Å². The number of amides is 1. The third-order valence-electron chi connectivity index (χ3n) is 3.02. The lowest BCUT2D eigenvalue weighted by atomic mass is 10.2. The van der Waals surface area contributed by atoms with Crippen LogP contribution in [0.15, 0.2) is 42.5 Å². The number of methoxy groups -OCH3 is 1. The molecule has 0 fully saturated rings. The number of hydrogen-bond donors (Lipinski definition) is 2. The van der Waals surface area contributed by atoms with Gasteiger partial charge in [-0.05, 0) is 35.9 Å². The second-order valence-corrected chi connectivity index (χ2v) is 5.01. The van der Waals surface area contributed by atoms with Gasteiger partial charge in [0, 0.05) is 12.2 Å². The van der Waals surface area contributed by atoms with Gasteiger partial charge in [0.15, 0.2) is 0 Å². The second kappa shape index (κ2) is 7.66. The average molecular weight is 323 g/mol. The van der Waals surface area contributed by atoms with Crippen LogP contribution < -0.4 is 15.4 Å². The summed E-state index contributed by atoms with van der Waals surface area (Å²) in [6.07, 6.45) is 0. The van der Waals surface area contributed by atoms with Crippen molar-refractivity contribution in [1.82, 2.24) is 5.32 Å². The Morgan fingerprint density at radius 2 is 1.95 bits per heavy atom.